The van der Waals surface area contributed by atoms with Crippen molar-refractivity contribution in [3.05, 3.63) is 106 Å². The standard InChI is InChI=1S/C22H22ClFN4O2.C12H12ClN3O.2ClH/c23-16-7-3-6-15(11-16)21-26-22(30-27-21)19-9-4-10-28(19)20(29)13-17(25)12-14-5-1-2-8-18(14)24;13-9-4-1-3-8(7-9)11-15-12(17-16-11)10-5-2-6-14-10;;/h1-3,5-8,11,17,19H,4,9-10,12-13,25H2;1,3-4,7,10,14H,2,5-6H2;2*1H/t17-,19-;10-;;/m11../s1. The lowest BCUT2D eigenvalue weighted by molar-refractivity contribution is -0.132. The van der Waals surface area contributed by atoms with Crippen LogP contribution in [-0.4, -0.2) is 50.2 Å². The topological polar surface area (TPSA) is 136 Å². The van der Waals surface area contributed by atoms with E-state index >= 15 is 0 Å². The highest BCUT2D eigenvalue weighted by molar-refractivity contribution is 6.31. The molecule has 0 aliphatic carbocycles. The van der Waals surface area contributed by atoms with Gasteiger partial charge in [-0.15, -0.1) is 24.8 Å². The molecule has 1 amide bonds. The summed E-state index contributed by atoms with van der Waals surface area (Å²) in [6, 6.07) is 20.6. The van der Waals surface area contributed by atoms with Crippen LogP contribution in [0.5, 0.6) is 0 Å². The van der Waals surface area contributed by atoms with E-state index in [2.05, 4.69) is 25.6 Å². The quantitative estimate of drug-likeness (QED) is 0.163. The molecule has 10 nitrogen and oxygen atoms in total. The van der Waals surface area contributed by atoms with Gasteiger partial charge >= 0.3 is 0 Å². The van der Waals surface area contributed by atoms with E-state index < -0.39 is 6.04 Å². The second-order valence-corrected chi connectivity index (χ2v) is 12.5. The van der Waals surface area contributed by atoms with Crippen LogP contribution in [0.3, 0.4) is 0 Å². The second kappa shape index (κ2) is 17.9. The maximum absolute atomic E-state index is 13.9. The first-order valence-corrected chi connectivity index (χ1v) is 16.3. The number of likely N-dealkylation sites (tertiary alicyclic amines) is 1. The molecule has 3 aromatic carbocycles. The lowest BCUT2D eigenvalue weighted by atomic mass is 10.0. The molecule has 2 aliphatic heterocycles. The number of hydrogen-bond acceptors (Lipinski definition) is 9. The Labute approximate surface area is 305 Å². The van der Waals surface area contributed by atoms with Crippen LogP contribution < -0.4 is 11.1 Å². The number of carbonyl (C=O) groups is 1. The third-order valence-electron chi connectivity index (χ3n) is 8.14. The molecule has 2 aromatic heterocycles. The Morgan fingerprint density at radius 3 is 2.14 bits per heavy atom. The number of carbonyl (C=O) groups excluding carboxylic acids is 1. The van der Waals surface area contributed by atoms with Crippen molar-refractivity contribution >= 4 is 53.9 Å². The highest BCUT2D eigenvalue weighted by Gasteiger charge is 2.34. The average Bonchev–Trinajstić information content (AvgIpc) is 3.89. The van der Waals surface area contributed by atoms with E-state index in [9.17, 15) is 9.18 Å². The fourth-order valence-corrected chi connectivity index (χ4v) is 6.19. The van der Waals surface area contributed by atoms with Crippen molar-refractivity contribution in [1.82, 2.24) is 30.5 Å². The van der Waals surface area contributed by atoms with Crippen LogP contribution in [0.25, 0.3) is 22.8 Å². The van der Waals surface area contributed by atoms with Crippen molar-refractivity contribution in [1.29, 1.82) is 0 Å². The Balaban J connectivity index is 0.000000242. The van der Waals surface area contributed by atoms with Crippen molar-refractivity contribution < 1.29 is 18.2 Å². The van der Waals surface area contributed by atoms with Gasteiger partial charge in [0.05, 0.1) is 6.04 Å². The molecule has 0 radical (unpaired) electrons. The van der Waals surface area contributed by atoms with Gasteiger partial charge in [0.2, 0.25) is 29.3 Å². The van der Waals surface area contributed by atoms with Gasteiger partial charge in [-0.1, -0.05) is 76.0 Å². The third kappa shape index (κ3) is 9.78. The number of nitrogens with zero attached hydrogens (tertiary/aromatic N) is 5. The summed E-state index contributed by atoms with van der Waals surface area (Å²) in [6.45, 7) is 1.62. The SMILES string of the molecule is Cl.Cl.Clc1cccc(-c2noc([C@H]3CCCN3)n2)c1.N[C@@H](CC(=O)N1CCC[C@@H]1c1nc(-c2cccc(Cl)c2)no1)Cc1ccccc1F. The van der Waals surface area contributed by atoms with Gasteiger partial charge < -0.3 is 25.0 Å². The van der Waals surface area contributed by atoms with Crippen LogP contribution in [0.2, 0.25) is 10.0 Å². The van der Waals surface area contributed by atoms with Gasteiger partial charge in [-0.25, -0.2) is 4.39 Å². The molecular weight excluding hydrogens is 715 g/mol. The lowest BCUT2D eigenvalue weighted by Crippen LogP contribution is -2.36. The predicted molar refractivity (Wildman–Crippen MR) is 190 cm³/mol. The largest absolute Gasteiger partial charge is 0.337 e. The smallest absolute Gasteiger partial charge is 0.249 e. The number of rotatable bonds is 8. The van der Waals surface area contributed by atoms with Crippen LogP contribution in [0.15, 0.2) is 81.8 Å². The number of amides is 1. The number of benzene rings is 3. The zero-order valence-corrected chi connectivity index (χ0v) is 29.5. The van der Waals surface area contributed by atoms with Crippen molar-refractivity contribution in [2.75, 3.05) is 13.1 Å². The minimum absolute atomic E-state index is 0. The maximum Gasteiger partial charge on any atom is 0.249 e. The lowest BCUT2D eigenvalue weighted by Gasteiger charge is -2.23. The normalized spacial score (nSPS) is 17.4. The Morgan fingerprint density at radius 2 is 1.53 bits per heavy atom. The van der Waals surface area contributed by atoms with E-state index in [1.165, 1.54) is 6.07 Å². The summed E-state index contributed by atoms with van der Waals surface area (Å²) in [5.74, 6) is 1.69. The van der Waals surface area contributed by atoms with Gasteiger partial charge in [0.1, 0.15) is 11.9 Å². The number of nitrogens with two attached hydrogens (primary N) is 1. The zero-order chi connectivity index (χ0) is 32.8. The molecule has 0 unspecified atom stereocenters. The number of hydrogen-bond donors (Lipinski definition) is 2. The molecule has 2 aliphatic rings. The molecule has 260 valence electrons. The van der Waals surface area contributed by atoms with Crippen LogP contribution >= 0.6 is 48.0 Å². The highest BCUT2D eigenvalue weighted by Crippen LogP contribution is 2.33. The minimum Gasteiger partial charge on any atom is -0.337 e. The Bertz CT molecular complexity index is 1820. The molecule has 0 saturated carbocycles. The third-order valence-corrected chi connectivity index (χ3v) is 8.61. The molecule has 3 N–H and O–H groups in total. The first kappa shape index (κ1) is 38.2. The molecule has 7 rings (SSSR count). The zero-order valence-electron chi connectivity index (χ0n) is 26.3. The van der Waals surface area contributed by atoms with Gasteiger partial charge in [0.15, 0.2) is 0 Å². The first-order chi connectivity index (χ1) is 22.8. The van der Waals surface area contributed by atoms with E-state index in [0.29, 0.717) is 52.0 Å². The van der Waals surface area contributed by atoms with Crippen molar-refractivity contribution in [2.45, 2.75) is 56.7 Å². The number of aromatic nitrogens is 4. The van der Waals surface area contributed by atoms with Crippen LogP contribution in [0.1, 0.15) is 61.5 Å². The van der Waals surface area contributed by atoms with E-state index in [-0.39, 0.29) is 55.0 Å². The van der Waals surface area contributed by atoms with Crippen LogP contribution in [0.4, 0.5) is 4.39 Å². The van der Waals surface area contributed by atoms with Crippen LogP contribution in [0, 0.1) is 5.82 Å². The summed E-state index contributed by atoms with van der Waals surface area (Å²) < 4.78 is 24.6. The van der Waals surface area contributed by atoms with E-state index in [1.807, 2.05) is 36.4 Å². The summed E-state index contributed by atoms with van der Waals surface area (Å²) in [6.07, 6.45) is 4.21. The monoisotopic (exact) mass is 749 g/mol. The molecule has 0 bridgehead atoms. The maximum atomic E-state index is 13.9. The van der Waals surface area contributed by atoms with Crippen molar-refractivity contribution in [2.24, 2.45) is 5.73 Å². The Morgan fingerprint density at radius 1 is 0.898 bits per heavy atom. The summed E-state index contributed by atoms with van der Waals surface area (Å²) in [5, 5.41) is 12.6. The van der Waals surface area contributed by atoms with Crippen LogP contribution in [-0.2, 0) is 11.2 Å². The molecule has 0 spiro atoms. The van der Waals surface area contributed by atoms with Gasteiger partial charge in [-0.3, -0.25) is 4.79 Å². The predicted octanol–water partition coefficient (Wildman–Crippen LogP) is 7.81. The Hall–Kier alpha value is -3.58. The van der Waals surface area contributed by atoms with E-state index in [0.717, 1.165) is 43.4 Å². The molecule has 3 atom stereocenters. The molecule has 49 heavy (non-hydrogen) atoms. The molecule has 4 heterocycles. The molecule has 15 heteroatoms. The number of halogens is 5. The van der Waals surface area contributed by atoms with E-state index in [1.54, 1.807) is 35.2 Å². The van der Waals surface area contributed by atoms with Gasteiger partial charge in [0, 0.05) is 40.2 Å². The minimum atomic E-state index is -0.472. The second-order valence-electron chi connectivity index (χ2n) is 11.6. The van der Waals surface area contributed by atoms with Crippen molar-refractivity contribution in [3.63, 3.8) is 0 Å². The van der Waals surface area contributed by atoms with Gasteiger partial charge in [-0.2, -0.15) is 9.97 Å². The Kier molecular flexibility index (Phi) is 14.0. The molecule has 5 aromatic rings. The van der Waals surface area contributed by atoms with Crippen molar-refractivity contribution in [3.8, 4) is 22.8 Å². The fraction of sp³-hybridized carbons (Fsp3) is 0.324. The summed E-state index contributed by atoms with van der Waals surface area (Å²) in [5.41, 5.74) is 8.29. The van der Waals surface area contributed by atoms with Gasteiger partial charge in [-0.05, 0) is 74.5 Å². The summed E-state index contributed by atoms with van der Waals surface area (Å²) >= 11 is 12.0. The molecule has 2 saturated heterocycles. The summed E-state index contributed by atoms with van der Waals surface area (Å²) in [7, 11) is 0. The van der Waals surface area contributed by atoms with E-state index in [4.69, 9.17) is 38.0 Å². The molecule has 2 fully saturated rings. The first-order valence-electron chi connectivity index (χ1n) is 15.5. The number of nitrogens with one attached hydrogen (secondary N) is 1. The fourth-order valence-electron chi connectivity index (χ4n) is 5.81. The molecular formula is C34H36Cl4FN7O3. The summed E-state index contributed by atoms with van der Waals surface area (Å²) in [4.78, 5) is 23.5. The van der Waals surface area contributed by atoms with Gasteiger partial charge in [0.25, 0.3) is 0 Å². The highest BCUT2D eigenvalue weighted by atomic mass is 35.5. The average molecular weight is 752 g/mol.